The van der Waals surface area contributed by atoms with Crippen LogP contribution in [0, 0.1) is 5.82 Å². The topological polar surface area (TPSA) is 58.1 Å². The number of nitrogens with zero attached hydrogens (tertiary/aromatic N) is 3. The van der Waals surface area contributed by atoms with Crippen LogP contribution in [0.3, 0.4) is 0 Å². The predicted molar refractivity (Wildman–Crippen MR) is 105 cm³/mol. The van der Waals surface area contributed by atoms with Crippen molar-refractivity contribution < 1.29 is 9.18 Å². The Bertz CT molecular complexity index is 946. The van der Waals surface area contributed by atoms with Gasteiger partial charge in [-0.05, 0) is 24.1 Å². The summed E-state index contributed by atoms with van der Waals surface area (Å²) in [5, 5.41) is 3.06. The minimum atomic E-state index is -0.343. The number of likely N-dealkylation sites (tertiary alicyclic amines) is 1. The molecule has 28 heavy (non-hydrogen) atoms. The van der Waals surface area contributed by atoms with Crippen LogP contribution in [0.2, 0.25) is 0 Å². The van der Waals surface area contributed by atoms with Gasteiger partial charge in [0, 0.05) is 43.6 Å². The molecule has 1 aromatic heterocycles. The van der Waals surface area contributed by atoms with E-state index in [-0.39, 0.29) is 17.8 Å². The van der Waals surface area contributed by atoms with E-state index in [1.807, 2.05) is 18.2 Å². The number of hydrogen-bond acceptors (Lipinski definition) is 4. The Kier molecular flexibility index (Phi) is 5.39. The maximum atomic E-state index is 13.3. The molecule has 0 radical (unpaired) electrons. The summed E-state index contributed by atoms with van der Waals surface area (Å²) < 4.78 is 13.3. The summed E-state index contributed by atoms with van der Waals surface area (Å²) in [5.74, 6) is -0.132. The van der Waals surface area contributed by atoms with E-state index in [2.05, 4.69) is 32.3 Å². The summed E-state index contributed by atoms with van der Waals surface area (Å²) in [6.45, 7) is 2.66. The molecule has 5 nitrogen and oxygen atoms in total. The molecule has 2 aromatic carbocycles. The Morgan fingerprint density at radius 1 is 1.11 bits per heavy atom. The van der Waals surface area contributed by atoms with Crippen molar-refractivity contribution in [1.29, 1.82) is 0 Å². The molecule has 1 saturated heterocycles. The quantitative estimate of drug-likeness (QED) is 0.742. The summed E-state index contributed by atoms with van der Waals surface area (Å²) in [6.07, 6.45) is 3.89. The summed E-state index contributed by atoms with van der Waals surface area (Å²) in [6, 6.07) is 16.5. The molecule has 1 aliphatic rings. The van der Waals surface area contributed by atoms with Crippen LogP contribution < -0.4 is 5.32 Å². The molecular weight excluding hydrogens is 355 g/mol. The molecule has 4 rings (SSSR count). The molecule has 142 valence electrons. The number of nitrogens with one attached hydrogen (secondary N) is 1. The van der Waals surface area contributed by atoms with E-state index >= 15 is 0 Å². The summed E-state index contributed by atoms with van der Waals surface area (Å²) in [4.78, 5) is 23.2. The minimum absolute atomic E-state index is 0.110. The van der Waals surface area contributed by atoms with Gasteiger partial charge in [0.05, 0.1) is 5.56 Å². The van der Waals surface area contributed by atoms with Crippen molar-refractivity contribution in [3.05, 3.63) is 83.9 Å². The van der Waals surface area contributed by atoms with Gasteiger partial charge in [-0.25, -0.2) is 14.4 Å². The summed E-state index contributed by atoms with van der Waals surface area (Å²) >= 11 is 0. The minimum Gasteiger partial charge on any atom is -0.348 e. The second-order valence-corrected chi connectivity index (χ2v) is 6.99. The molecule has 3 aromatic rings. The number of halogens is 1. The number of aromatic nitrogens is 2. The monoisotopic (exact) mass is 376 g/mol. The van der Waals surface area contributed by atoms with Crippen molar-refractivity contribution in [2.75, 3.05) is 13.1 Å². The van der Waals surface area contributed by atoms with Gasteiger partial charge in [-0.2, -0.15) is 0 Å². The van der Waals surface area contributed by atoms with E-state index < -0.39 is 0 Å². The molecule has 0 spiro atoms. The first-order valence-electron chi connectivity index (χ1n) is 9.32. The first-order valence-corrected chi connectivity index (χ1v) is 9.32. The Hall–Kier alpha value is -3.12. The molecule has 1 atom stereocenters. The molecule has 0 saturated carbocycles. The average molecular weight is 376 g/mol. The molecule has 6 heteroatoms. The van der Waals surface area contributed by atoms with Gasteiger partial charge in [-0.15, -0.1) is 0 Å². The lowest BCUT2D eigenvalue weighted by atomic mass is 10.2. The van der Waals surface area contributed by atoms with Gasteiger partial charge in [0.25, 0.3) is 5.91 Å². The zero-order valence-electron chi connectivity index (χ0n) is 15.4. The Labute approximate surface area is 163 Å². The van der Waals surface area contributed by atoms with E-state index in [4.69, 9.17) is 0 Å². The van der Waals surface area contributed by atoms with Crippen molar-refractivity contribution in [2.24, 2.45) is 0 Å². The Morgan fingerprint density at radius 2 is 1.89 bits per heavy atom. The maximum Gasteiger partial charge on any atom is 0.254 e. The Morgan fingerprint density at radius 3 is 2.64 bits per heavy atom. The van der Waals surface area contributed by atoms with Crippen molar-refractivity contribution in [3.8, 4) is 11.4 Å². The van der Waals surface area contributed by atoms with Gasteiger partial charge >= 0.3 is 0 Å². The van der Waals surface area contributed by atoms with Gasteiger partial charge in [-0.3, -0.25) is 9.69 Å². The fourth-order valence-electron chi connectivity index (χ4n) is 3.43. The number of amides is 1. The molecule has 1 N–H and O–H groups in total. The predicted octanol–water partition coefficient (Wildman–Crippen LogP) is 3.29. The SMILES string of the molecule is O=C(N[C@@H]1CCN(Cc2ccccc2)C1)c1cnc(-c2cccc(F)c2)nc1. The molecule has 0 bridgehead atoms. The fourth-order valence-corrected chi connectivity index (χ4v) is 3.43. The third kappa shape index (κ3) is 4.40. The highest BCUT2D eigenvalue weighted by Crippen LogP contribution is 2.16. The summed E-state index contributed by atoms with van der Waals surface area (Å²) in [7, 11) is 0. The highest BCUT2D eigenvalue weighted by molar-refractivity contribution is 5.93. The lowest BCUT2D eigenvalue weighted by molar-refractivity contribution is 0.0937. The van der Waals surface area contributed by atoms with Crippen LogP contribution in [0.5, 0.6) is 0 Å². The third-order valence-electron chi connectivity index (χ3n) is 4.85. The number of hydrogen-bond donors (Lipinski definition) is 1. The van der Waals surface area contributed by atoms with Gasteiger partial charge in [-0.1, -0.05) is 42.5 Å². The first kappa shape index (κ1) is 18.3. The van der Waals surface area contributed by atoms with Crippen LogP contribution in [0.15, 0.2) is 67.0 Å². The molecule has 2 heterocycles. The molecular formula is C22H21FN4O. The van der Waals surface area contributed by atoms with E-state index in [0.29, 0.717) is 17.0 Å². The van der Waals surface area contributed by atoms with Crippen molar-refractivity contribution in [1.82, 2.24) is 20.2 Å². The van der Waals surface area contributed by atoms with Crippen LogP contribution >= 0.6 is 0 Å². The highest BCUT2D eigenvalue weighted by Gasteiger charge is 2.24. The van der Waals surface area contributed by atoms with Gasteiger partial charge in [0.1, 0.15) is 5.82 Å². The highest BCUT2D eigenvalue weighted by atomic mass is 19.1. The smallest absolute Gasteiger partial charge is 0.254 e. The molecule has 1 fully saturated rings. The molecule has 0 unspecified atom stereocenters. The number of carbonyl (C=O) groups excluding carboxylic acids is 1. The zero-order chi connectivity index (χ0) is 19.3. The first-order chi connectivity index (χ1) is 13.7. The summed E-state index contributed by atoms with van der Waals surface area (Å²) in [5.41, 5.74) is 2.26. The maximum absolute atomic E-state index is 13.3. The van der Waals surface area contributed by atoms with Crippen LogP contribution in [-0.2, 0) is 6.54 Å². The second-order valence-electron chi connectivity index (χ2n) is 6.99. The van der Waals surface area contributed by atoms with Crippen LogP contribution in [-0.4, -0.2) is 39.9 Å². The standard InChI is InChI=1S/C22H21FN4O/c23-19-8-4-7-17(11-19)21-24-12-18(13-25-21)22(28)26-20-9-10-27(15-20)14-16-5-2-1-3-6-16/h1-8,11-13,20H,9-10,14-15H2,(H,26,28)/t20-/m1/s1. The van der Waals surface area contributed by atoms with E-state index in [1.54, 1.807) is 12.1 Å². The van der Waals surface area contributed by atoms with E-state index in [9.17, 15) is 9.18 Å². The van der Waals surface area contributed by atoms with Crippen molar-refractivity contribution in [2.45, 2.75) is 19.0 Å². The zero-order valence-corrected chi connectivity index (χ0v) is 15.4. The number of carbonyl (C=O) groups is 1. The normalized spacial score (nSPS) is 16.8. The number of rotatable bonds is 5. The van der Waals surface area contributed by atoms with Crippen LogP contribution in [0.4, 0.5) is 4.39 Å². The van der Waals surface area contributed by atoms with E-state index in [1.165, 1.54) is 30.1 Å². The second kappa shape index (κ2) is 8.27. The van der Waals surface area contributed by atoms with Crippen LogP contribution in [0.25, 0.3) is 11.4 Å². The largest absolute Gasteiger partial charge is 0.348 e. The van der Waals surface area contributed by atoms with Crippen LogP contribution in [0.1, 0.15) is 22.3 Å². The molecule has 0 aliphatic carbocycles. The lowest BCUT2D eigenvalue weighted by Crippen LogP contribution is -2.37. The van der Waals surface area contributed by atoms with Gasteiger partial charge in [0.2, 0.25) is 0 Å². The Balaban J connectivity index is 1.34. The average Bonchev–Trinajstić information content (AvgIpc) is 3.15. The van der Waals surface area contributed by atoms with Gasteiger partial charge < -0.3 is 5.32 Å². The third-order valence-corrected chi connectivity index (χ3v) is 4.85. The fraction of sp³-hybridized carbons (Fsp3) is 0.227. The van der Waals surface area contributed by atoms with E-state index in [0.717, 1.165) is 26.1 Å². The van der Waals surface area contributed by atoms with Crippen molar-refractivity contribution in [3.63, 3.8) is 0 Å². The number of benzene rings is 2. The van der Waals surface area contributed by atoms with Gasteiger partial charge in [0.15, 0.2) is 5.82 Å². The molecule has 1 amide bonds. The van der Waals surface area contributed by atoms with Crippen molar-refractivity contribution >= 4 is 5.91 Å². The lowest BCUT2D eigenvalue weighted by Gasteiger charge is -2.16. The molecule has 1 aliphatic heterocycles.